The highest BCUT2D eigenvalue weighted by Gasteiger charge is 2.42. The Morgan fingerprint density at radius 3 is 2.74 bits per heavy atom. The summed E-state index contributed by atoms with van der Waals surface area (Å²) in [6.45, 7) is 9.24. The number of nitrogens with two attached hydrogens (primary N) is 1. The van der Waals surface area contributed by atoms with E-state index in [1.807, 2.05) is 0 Å². The molecule has 112 valence electrons. The first-order valence-electron chi connectivity index (χ1n) is 8.21. The fourth-order valence-electron chi connectivity index (χ4n) is 4.08. The molecular formula is C16H32N2S. The van der Waals surface area contributed by atoms with Gasteiger partial charge in [0.15, 0.2) is 0 Å². The molecule has 0 amide bonds. The van der Waals surface area contributed by atoms with E-state index in [0.717, 1.165) is 17.7 Å². The van der Waals surface area contributed by atoms with Crippen LogP contribution in [0.15, 0.2) is 0 Å². The lowest BCUT2D eigenvalue weighted by molar-refractivity contribution is 0.0433. The first-order chi connectivity index (χ1) is 9.13. The molecule has 0 spiro atoms. The van der Waals surface area contributed by atoms with Crippen LogP contribution in [0.2, 0.25) is 0 Å². The highest BCUT2D eigenvalue weighted by Crippen LogP contribution is 2.39. The second-order valence-electron chi connectivity index (χ2n) is 6.64. The molecule has 1 aliphatic heterocycles. The van der Waals surface area contributed by atoms with E-state index in [9.17, 15) is 0 Å². The van der Waals surface area contributed by atoms with Crippen molar-refractivity contribution >= 4 is 11.8 Å². The lowest BCUT2D eigenvalue weighted by Crippen LogP contribution is -2.61. The summed E-state index contributed by atoms with van der Waals surface area (Å²) >= 11 is 2.13. The number of thioether (sulfide) groups is 1. The first kappa shape index (κ1) is 15.7. The van der Waals surface area contributed by atoms with Crippen LogP contribution in [0.3, 0.4) is 0 Å². The highest BCUT2D eigenvalue weighted by molar-refractivity contribution is 8.00. The van der Waals surface area contributed by atoms with E-state index < -0.39 is 0 Å². The topological polar surface area (TPSA) is 29.3 Å². The van der Waals surface area contributed by atoms with Crippen LogP contribution in [0.5, 0.6) is 0 Å². The average Bonchev–Trinajstić information content (AvgIpc) is 2.65. The van der Waals surface area contributed by atoms with Crippen molar-refractivity contribution in [2.75, 3.05) is 18.8 Å². The van der Waals surface area contributed by atoms with E-state index in [2.05, 4.69) is 37.4 Å². The summed E-state index contributed by atoms with van der Waals surface area (Å²) in [6, 6.07) is 0.681. The van der Waals surface area contributed by atoms with Gasteiger partial charge in [0.1, 0.15) is 0 Å². The largest absolute Gasteiger partial charge is 0.329 e. The maximum atomic E-state index is 6.28. The van der Waals surface area contributed by atoms with Crippen molar-refractivity contribution in [1.29, 1.82) is 0 Å². The van der Waals surface area contributed by atoms with Crippen LogP contribution in [0, 0.1) is 5.92 Å². The van der Waals surface area contributed by atoms with Gasteiger partial charge in [-0.1, -0.05) is 33.1 Å². The predicted molar refractivity (Wildman–Crippen MR) is 86.7 cm³/mol. The number of hydrogen-bond donors (Lipinski definition) is 1. The maximum absolute atomic E-state index is 6.28. The molecule has 2 rings (SSSR count). The van der Waals surface area contributed by atoms with Crippen LogP contribution in [-0.4, -0.2) is 40.6 Å². The zero-order chi connectivity index (χ0) is 13.9. The monoisotopic (exact) mass is 284 g/mol. The summed E-state index contributed by atoms with van der Waals surface area (Å²) in [7, 11) is 0. The molecular weight excluding hydrogens is 252 g/mol. The Balaban J connectivity index is 2.12. The van der Waals surface area contributed by atoms with Gasteiger partial charge in [-0.2, -0.15) is 11.8 Å². The molecule has 0 bridgehead atoms. The van der Waals surface area contributed by atoms with Crippen molar-refractivity contribution in [2.45, 2.75) is 76.1 Å². The Morgan fingerprint density at radius 2 is 2.05 bits per heavy atom. The average molecular weight is 285 g/mol. The molecule has 2 nitrogen and oxygen atoms in total. The van der Waals surface area contributed by atoms with Gasteiger partial charge >= 0.3 is 0 Å². The normalized spacial score (nSPS) is 42.0. The Kier molecular flexibility index (Phi) is 5.62. The quantitative estimate of drug-likeness (QED) is 0.804. The van der Waals surface area contributed by atoms with Gasteiger partial charge < -0.3 is 5.73 Å². The molecule has 0 aromatic carbocycles. The zero-order valence-corrected chi connectivity index (χ0v) is 13.8. The third kappa shape index (κ3) is 3.30. The van der Waals surface area contributed by atoms with Crippen LogP contribution >= 0.6 is 11.8 Å². The molecule has 19 heavy (non-hydrogen) atoms. The lowest BCUT2D eigenvalue weighted by Gasteiger charge is -2.50. The molecule has 1 aliphatic carbocycles. The summed E-state index contributed by atoms with van der Waals surface area (Å²) in [5.41, 5.74) is 6.59. The van der Waals surface area contributed by atoms with Gasteiger partial charge in [0.05, 0.1) is 0 Å². The van der Waals surface area contributed by atoms with Crippen molar-refractivity contribution in [1.82, 2.24) is 4.90 Å². The molecule has 2 aliphatic rings. The molecule has 1 saturated heterocycles. The summed E-state index contributed by atoms with van der Waals surface area (Å²) in [5, 5.41) is 0.752. The Labute approximate surface area is 123 Å². The standard InChI is InChI=1S/C16H32N2S/c1-4-15-6-5-8-16(12-17,9-7-15)18-10-11-19-14(3)13(18)2/h13-15H,4-12,17H2,1-3H3. The van der Waals surface area contributed by atoms with Gasteiger partial charge in [-0.25, -0.2) is 0 Å². The number of nitrogens with zero attached hydrogens (tertiary/aromatic N) is 1. The highest BCUT2D eigenvalue weighted by atomic mass is 32.2. The molecule has 1 saturated carbocycles. The van der Waals surface area contributed by atoms with E-state index >= 15 is 0 Å². The minimum Gasteiger partial charge on any atom is -0.329 e. The second-order valence-corrected chi connectivity index (χ2v) is 8.13. The van der Waals surface area contributed by atoms with E-state index in [0.29, 0.717) is 11.6 Å². The molecule has 2 N–H and O–H groups in total. The second kappa shape index (κ2) is 6.82. The summed E-state index contributed by atoms with van der Waals surface area (Å²) in [6.07, 6.45) is 8.18. The van der Waals surface area contributed by atoms with Crippen molar-refractivity contribution in [3.63, 3.8) is 0 Å². The van der Waals surface area contributed by atoms with Gasteiger partial charge in [0.25, 0.3) is 0 Å². The van der Waals surface area contributed by atoms with Crippen LogP contribution < -0.4 is 5.73 Å². The smallest absolute Gasteiger partial charge is 0.0335 e. The summed E-state index contributed by atoms with van der Waals surface area (Å²) in [5.74, 6) is 2.23. The van der Waals surface area contributed by atoms with Gasteiger partial charge in [-0.05, 0) is 32.1 Å². The van der Waals surface area contributed by atoms with Crippen molar-refractivity contribution in [3.05, 3.63) is 0 Å². The molecule has 4 atom stereocenters. The van der Waals surface area contributed by atoms with Crippen molar-refractivity contribution < 1.29 is 0 Å². The molecule has 3 heteroatoms. The maximum Gasteiger partial charge on any atom is 0.0335 e. The first-order valence-corrected chi connectivity index (χ1v) is 9.26. The van der Waals surface area contributed by atoms with Gasteiger partial charge in [0, 0.05) is 35.7 Å². The van der Waals surface area contributed by atoms with Gasteiger partial charge in [-0.3, -0.25) is 4.90 Å². The van der Waals surface area contributed by atoms with Crippen molar-refractivity contribution in [2.24, 2.45) is 11.7 Å². The van der Waals surface area contributed by atoms with E-state index in [1.54, 1.807) is 0 Å². The van der Waals surface area contributed by atoms with Gasteiger partial charge in [-0.15, -0.1) is 0 Å². The minimum absolute atomic E-state index is 0.304. The van der Waals surface area contributed by atoms with Crippen LogP contribution in [-0.2, 0) is 0 Å². The fraction of sp³-hybridized carbons (Fsp3) is 1.00. The molecule has 0 aromatic rings. The minimum atomic E-state index is 0.304. The summed E-state index contributed by atoms with van der Waals surface area (Å²) in [4.78, 5) is 2.78. The molecule has 0 radical (unpaired) electrons. The fourth-order valence-corrected chi connectivity index (χ4v) is 5.18. The molecule has 2 fully saturated rings. The van der Waals surface area contributed by atoms with Crippen LogP contribution in [0.4, 0.5) is 0 Å². The zero-order valence-electron chi connectivity index (χ0n) is 13.0. The van der Waals surface area contributed by atoms with E-state index in [1.165, 1.54) is 50.8 Å². The predicted octanol–water partition coefficient (Wildman–Crippen LogP) is 3.50. The van der Waals surface area contributed by atoms with E-state index in [-0.39, 0.29) is 0 Å². The Morgan fingerprint density at radius 1 is 1.26 bits per heavy atom. The molecule has 0 aromatic heterocycles. The number of rotatable bonds is 3. The van der Waals surface area contributed by atoms with Crippen LogP contribution in [0.25, 0.3) is 0 Å². The molecule has 4 unspecified atom stereocenters. The van der Waals surface area contributed by atoms with E-state index in [4.69, 9.17) is 5.73 Å². The van der Waals surface area contributed by atoms with Crippen molar-refractivity contribution in [3.8, 4) is 0 Å². The van der Waals surface area contributed by atoms with Crippen LogP contribution in [0.1, 0.15) is 59.3 Å². The Hall–Kier alpha value is 0.270. The molecule has 1 heterocycles. The third-order valence-corrected chi connectivity index (χ3v) is 7.06. The SMILES string of the molecule is CCC1CCCC(CN)(N2CCSC(C)C2C)CC1. The summed E-state index contributed by atoms with van der Waals surface area (Å²) < 4.78 is 0. The lowest BCUT2D eigenvalue weighted by atomic mass is 9.85. The third-order valence-electron chi connectivity index (χ3n) is 5.72. The number of hydrogen-bond acceptors (Lipinski definition) is 3. The Bertz CT molecular complexity index is 284. The van der Waals surface area contributed by atoms with Gasteiger partial charge in [0.2, 0.25) is 0 Å².